The first-order valence-electron chi connectivity index (χ1n) is 5.95. The van der Waals surface area contributed by atoms with E-state index in [-0.39, 0.29) is 5.97 Å². The molecule has 0 bridgehead atoms. The molecule has 0 atom stereocenters. The zero-order valence-electron chi connectivity index (χ0n) is 10.5. The summed E-state index contributed by atoms with van der Waals surface area (Å²) in [5.41, 5.74) is 1.23. The summed E-state index contributed by atoms with van der Waals surface area (Å²) in [6.45, 7) is 4.67. The normalized spacial score (nSPS) is 10.3. The number of benzene rings is 1. The van der Waals surface area contributed by atoms with Crippen LogP contribution in [-0.2, 0) is 4.74 Å². The molecular formula is C14H15NO3. The van der Waals surface area contributed by atoms with Crippen LogP contribution in [0.15, 0.2) is 30.5 Å². The Balaban J connectivity index is 2.43. The number of nitrogens with zero attached hydrogens (tertiary/aromatic N) is 1. The second-order valence-electron chi connectivity index (χ2n) is 3.69. The van der Waals surface area contributed by atoms with Gasteiger partial charge < -0.3 is 9.47 Å². The SMILES string of the molecule is CCOC(=O)c1ccc2c(OCC)ccnc2c1. The minimum absolute atomic E-state index is 0.331. The lowest BCUT2D eigenvalue weighted by Crippen LogP contribution is -2.04. The smallest absolute Gasteiger partial charge is 0.338 e. The number of hydrogen-bond acceptors (Lipinski definition) is 4. The van der Waals surface area contributed by atoms with Crippen molar-refractivity contribution in [3.8, 4) is 5.75 Å². The van der Waals surface area contributed by atoms with Crippen molar-refractivity contribution in [1.82, 2.24) is 4.98 Å². The summed E-state index contributed by atoms with van der Waals surface area (Å²) in [6.07, 6.45) is 1.67. The molecular weight excluding hydrogens is 230 g/mol. The van der Waals surface area contributed by atoms with Crippen molar-refractivity contribution in [2.45, 2.75) is 13.8 Å². The number of aromatic nitrogens is 1. The zero-order chi connectivity index (χ0) is 13.0. The molecule has 0 aliphatic carbocycles. The lowest BCUT2D eigenvalue weighted by atomic mass is 10.1. The third kappa shape index (κ3) is 2.42. The van der Waals surface area contributed by atoms with Crippen molar-refractivity contribution >= 4 is 16.9 Å². The highest BCUT2D eigenvalue weighted by atomic mass is 16.5. The molecule has 0 spiro atoms. The topological polar surface area (TPSA) is 48.4 Å². The molecule has 1 aromatic carbocycles. The Morgan fingerprint density at radius 1 is 1.22 bits per heavy atom. The summed E-state index contributed by atoms with van der Waals surface area (Å²) in [4.78, 5) is 15.9. The molecule has 0 fully saturated rings. The van der Waals surface area contributed by atoms with Crippen LogP contribution in [0.3, 0.4) is 0 Å². The second kappa shape index (κ2) is 5.49. The van der Waals surface area contributed by atoms with Crippen molar-refractivity contribution in [2.75, 3.05) is 13.2 Å². The lowest BCUT2D eigenvalue weighted by molar-refractivity contribution is 0.0526. The number of carbonyl (C=O) groups excluding carboxylic acids is 1. The van der Waals surface area contributed by atoms with Gasteiger partial charge in [-0.1, -0.05) is 0 Å². The first-order valence-corrected chi connectivity index (χ1v) is 5.95. The molecule has 94 valence electrons. The van der Waals surface area contributed by atoms with Crippen LogP contribution in [0.2, 0.25) is 0 Å². The van der Waals surface area contributed by atoms with Crippen LogP contribution < -0.4 is 4.74 Å². The van der Waals surface area contributed by atoms with Gasteiger partial charge in [0.1, 0.15) is 5.75 Å². The minimum Gasteiger partial charge on any atom is -0.493 e. The van der Waals surface area contributed by atoms with Gasteiger partial charge in [0.25, 0.3) is 0 Å². The maximum Gasteiger partial charge on any atom is 0.338 e. The van der Waals surface area contributed by atoms with Gasteiger partial charge in [0, 0.05) is 11.6 Å². The van der Waals surface area contributed by atoms with Gasteiger partial charge in [-0.05, 0) is 38.1 Å². The van der Waals surface area contributed by atoms with E-state index in [9.17, 15) is 4.79 Å². The predicted molar refractivity (Wildman–Crippen MR) is 68.9 cm³/mol. The highest BCUT2D eigenvalue weighted by molar-refractivity contribution is 5.95. The van der Waals surface area contributed by atoms with E-state index in [0.29, 0.717) is 18.8 Å². The fourth-order valence-electron chi connectivity index (χ4n) is 1.74. The van der Waals surface area contributed by atoms with Gasteiger partial charge in [0.15, 0.2) is 0 Å². The molecule has 4 heteroatoms. The van der Waals surface area contributed by atoms with E-state index in [1.165, 1.54) is 0 Å². The summed E-state index contributed by atoms with van der Waals surface area (Å²) in [5.74, 6) is 0.445. The van der Waals surface area contributed by atoms with Crippen LogP contribution in [0.1, 0.15) is 24.2 Å². The molecule has 18 heavy (non-hydrogen) atoms. The number of rotatable bonds is 4. The van der Waals surface area contributed by atoms with E-state index in [1.54, 1.807) is 25.3 Å². The lowest BCUT2D eigenvalue weighted by Gasteiger charge is -2.07. The number of carbonyl (C=O) groups is 1. The van der Waals surface area contributed by atoms with Crippen molar-refractivity contribution in [3.63, 3.8) is 0 Å². The molecule has 0 aliphatic rings. The Kier molecular flexibility index (Phi) is 3.77. The zero-order valence-corrected chi connectivity index (χ0v) is 10.5. The Hall–Kier alpha value is -2.10. The molecule has 4 nitrogen and oxygen atoms in total. The summed E-state index contributed by atoms with van der Waals surface area (Å²) in [7, 11) is 0. The van der Waals surface area contributed by atoms with E-state index >= 15 is 0 Å². The van der Waals surface area contributed by atoms with Gasteiger partial charge in [0.2, 0.25) is 0 Å². The molecule has 0 unspecified atom stereocenters. The van der Waals surface area contributed by atoms with Crippen LogP contribution in [0.25, 0.3) is 10.9 Å². The molecule has 2 rings (SSSR count). The second-order valence-corrected chi connectivity index (χ2v) is 3.69. The quantitative estimate of drug-likeness (QED) is 0.777. The Bertz CT molecular complexity index is 566. The predicted octanol–water partition coefficient (Wildman–Crippen LogP) is 2.81. The van der Waals surface area contributed by atoms with Gasteiger partial charge in [-0.2, -0.15) is 0 Å². The first kappa shape index (κ1) is 12.4. The largest absolute Gasteiger partial charge is 0.493 e. The molecule has 2 aromatic rings. The maximum atomic E-state index is 11.6. The Labute approximate surface area is 106 Å². The summed E-state index contributed by atoms with van der Waals surface area (Å²) < 4.78 is 10.5. The Morgan fingerprint density at radius 3 is 2.78 bits per heavy atom. The van der Waals surface area contributed by atoms with Crippen molar-refractivity contribution in [2.24, 2.45) is 0 Å². The molecule has 1 heterocycles. The van der Waals surface area contributed by atoms with Crippen molar-refractivity contribution in [3.05, 3.63) is 36.0 Å². The molecule has 0 amide bonds. The molecule has 0 saturated carbocycles. The third-order valence-electron chi connectivity index (χ3n) is 2.51. The van der Waals surface area contributed by atoms with Crippen LogP contribution in [0.4, 0.5) is 0 Å². The Morgan fingerprint density at radius 2 is 2.06 bits per heavy atom. The van der Waals surface area contributed by atoms with Crippen LogP contribution >= 0.6 is 0 Å². The van der Waals surface area contributed by atoms with E-state index in [4.69, 9.17) is 9.47 Å². The fourth-order valence-corrected chi connectivity index (χ4v) is 1.74. The highest BCUT2D eigenvalue weighted by Gasteiger charge is 2.09. The number of pyridine rings is 1. The van der Waals surface area contributed by atoms with Gasteiger partial charge in [0.05, 0.1) is 24.3 Å². The van der Waals surface area contributed by atoms with Gasteiger partial charge in [-0.15, -0.1) is 0 Å². The van der Waals surface area contributed by atoms with Gasteiger partial charge in [-0.25, -0.2) is 4.79 Å². The van der Waals surface area contributed by atoms with Crippen molar-refractivity contribution < 1.29 is 14.3 Å². The maximum absolute atomic E-state index is 11.6. The van der Waals surface area contributed by atoms with Gasteiger partial charge >= 0.3 is 5.97 Å². The average Bonchev–Trinajstić information content (AvgIpc) is 2.39. The van der Waals surface area contributed by atoms with Crippen LogP contribution in [0, 0.1) is 0 Å². The first-order chi connectivity index (χ1) is 8.76. The van der Waals surface area contributed by atoms with E-state index in [2.05, 4.69) is 4.98 Å². The molecule has 1 aromatic heterocycles. The molecule has 0 aliphatic heterocycles. The molecule has 0 saturated heterocycles. The molecule has 0 radical (unpaired) electrons. The number of fused-ring (bicyclic) bond motifs is 1. The minimum atomic E-state index is -0.331. The van der Waals surface area contributed by atoms with E-state index in [1.807, 2.05) is 19.1 Å². The number of ether oxygens (including phenoxy) is 2. The van der Waals surface area contributed by atoms with E-state index < -0.39 is 0 Å². The molecule has 0 N–H and O–H groups in total. The van der Waals surface area contributed by atoms with Crippen LogP contribution in [-0.4, -0.2) is 24.2 Å². The highest BCUT2D eigenvalue weighted by Crippen LogP contribution is 2.24. The third-order valence-corrected chi connectivity index (χ3v) is 2.51. The fraction of sp³-hybridized carbons (Fsp3) is 0.286. The summed E-state index contributed by atoms with van der Waals surface area (Å²) in [5, 5.41) is 0.896. The number of hydrogen-bond donors (Lipinski definition) is 0. The summed E-state index contributed by atoms with van der Waals surface area (Å²) in [6, 6.07) is 7.09. The van der Waals surface area contributed by atoms with E-state index in [0.717, 1.165) is 16.7 Å². The standard InChI is InChI=1S/C14H15NO3/c1-3-17-13-7-8-15-12-9-10(5-6-11(12)13)14(16)18-4-2/h5-9H,3-4H2,1-2H3. The van der Waals surface area contributed by atoms with Gasteiger partial charge in [-0.3, -0.25) is 4.98 Å². The average molecular weight is 245 g/mol. The van der Waals surface area contributed by atoms with Crippen LogP contribution in [0.5, 0.6) is 5.75 Å². The summed E-state index contributed by atoms with van der Waals surface area (Å²) >= 11 is 0. The monoisotopic (exact) mass is 245 g/mol. The van der Waals surface area contributed by atoms with Crippen molar-refractivity contribution in [1.29, 1.82) is 0 Å². The number of esters is 1.